The minimum Gasteiger partial charge on any atom is -0.486 e. The van der Waals surface area contributed by atoms with Gasteiger partial charge in [0.05, 0.1) is 0 Å². The number of hydrogen-bond acceptors (Lipinski definition) is 7. The Morgan fingerprint density at radius 2 is 1.82 bits per heavy atom. The molecule has 1 aliphatic rings. The van der Waals surface area contributed by atoms with E-state index in [0.29, 0.717) is 65.7 Å². The van der Waals surface area contributed by atoms with Crippen molar-refractivity contribution in [1.82, 2.24) is 19.8 Å². The van der Waals surface area contributed by atoms with Crippen LogP contribution in [0.3, 0.4) is 0 Å². The summed E-state index contributed by atoms with van der Waals surface area (Å²) in [5, 5.41) is 19.8. The van der Waals surface area contributed by atoms with Gasteiger partial charge in [-0.25, -0.2) is 0 Å². The Morgan fingerprint density at radius 3 is 2.67 bits per heavy atom. The molecular weight excluding hydrogens is 444 g/mol. The molecule has 10 heteroatoms. The second kappa shape index (κ2) is 9.33. The van der Waals surface area contributed by atoms with E-state index in [1.165, 1.54) is 0 Å². The van der Waals surface area contributed by atoms with Crippen LogP contribution in [0.25, 0.3) is 5.65 Å². The molecule has 0 spiro atoms. The van der Waals surface area contributed by atoms with E-state index in [0.717, 1.165) is 5.56 Å². The number of nitrogens with zero attached hydrogens (tertiary/aromatic N) is 4. The molecule has 33 heavy (non-hydrogen) atoms. The first-order valence-corrected chi connectivity index (χ1v) is 10.9. The number of fused-ring (bicyclic) bond motifs is 2. The van der Waals surface area contributed by atoms with Crippen LogP contribution in [0.1, 0.15) is 17.8 Å². The van der Waals surface area contributed by atoms with Gasteiger partial charge in [-0.05, 0) is 42.0 Å². The number of aromatic nitrogens is 4. The smallest absolute Gasteiger partial charge is 0.224 e. The molecule has 5 rings (SSSR count). The quantitative estimate of drug-likeness (QED) is 0.429. The molecule has 2 aromatic heterocycles. The fourth-order valence-corrected chi connectivity index (χ4v) is 3.57. The molecule has 9 nitrogen and oxygen atoms in total. The number of carbonyl (C=O) groups excluding carboxylic acids is 1. The summed E-state index contributed by atoms with van der Waals surface area (Å²) in [7, 11) is 0. The highest BCUT2D eigenvalue weighted by atomic mass is 35.5. The van der Waals surface area contributed by atoms with E-state index in [1.807, 2.05) is 36.4 Å². The molecule has 1 aliphatic heterocycles. The Labute approximate surface area is 194 Å². The standard InChI is InChI=1S/C23H21ClN6O3/c24-16-3-1-15(2-4-16)14-25-20-7-8-21-27-28-22(30(21)29-20)9-10-23(31)26-17-5-6-18-19(13-17)33-12-11-32-18/h1-8,13H,9-12,14H2,(H,25,29)(H,26,31). The Hall–Kier alpha value is -3.85. The summed E-state index contributed by atoms with van der Waals surface area (Å²) in [6.07, 6.45) is 0.629. The van der Waals surface area contributed by atoms with Crippen molar-refractivity contribution in [3.63, 3.8) is 0 Å². The number of carbonyl (C=O) groups is 1. The Morgan fingerprint density at radius 1 is 1.00 bits per heavy atom. The van der Waals surface area contributed by atoms with E-state index in [9.17, 15) is 4.79 Å². The van der Waals surface area contributed by atoms with Crippen LogP contribution in [0.2, 0.25) is 5.02 Å². The third kappa shape index (κ3) is 4.98. The van der Waals surface area contributed by atoms with Crippen molar-refractivity contribution in [2.24, 2.45) is 0 Å². The molecule has 4 aromatic rings. The first-order valence-electron chi connectivity index (χ1n) is 10.5. The van der Waals surface area contributed by atoms with Crippen LogP contribution < -0.4 is 20.1 Å². The molecule has 0 atom stereocenters. The van der Waals surface area contributed by atoms with Gasteiger partial charge in [-0.2, -0.15) is 4.52 Å². The van der Waals surface area contributed by atoms with Crippen molar-refractivity contribution in [2.45, 2.75) is 19.4 Å². The Balaban J connectivity index is 1.21. The Bertz CT molecular complexity index is 1290. The minimum absolute atomic E-state index is 0.138. The lowest BCUT2D eigenvalue weighted by Crippen LogP contribution is -2.17. The fraction of sp³-hybridized carbons (Fsp3) is 0.217. The van der Waals surface area contributed by atoms with E-state index in [2.05, 4.69) is 25.9 Å². The number of rotatable bonds is 7. The van der Waals surface area contributed by atoms with Crippen LogP contribution in [0.15, 0.2) is 54.6 Å². The van der Waals surface area contributed by atoms with Gasteiger partial charge in [0.25, 0.3) is 0 Å². The second-order valence-corrected chi connectivity index (χ2v) is 7.93. The highest BCUT2D eigenvalue weighted by Gasteiger charge is 2.14. The molecular formula is C23H21ClN6O3. The maximum atomic E-state index is 12.5. The van der Waals surface area contributed by atoms with E-state index in [4.69, 9.17) is 21.1 Å². The lowest BCUT2D eigenvalue weighted by Gasteiger charge is -2.19. The van der Waals surface area contributed by atoms with E-state index >= 15 is 0 Å². The molecule has 0 radical (unpaired) electrons. The normalized spacial score (nSPS) is 12.5. The number of benzene rings is 2. The molecule has 1 amide bonds. The van der Waals surface area contributed by atoms with Crippen molar-refractivity contribution in [3.05, 3.63) is 71.0 Å². The maximum absolute atomic E-state index is 12.5. The zero-order valence-corrected chi connectivity index (χ0v) is 18.4. The maximum Gasteiger partial charge on any atom is 0.224 e. The molecule has 2 aromatic carbocycles. The van der Waals surface area contributed by atoms with Crippen molar-refractivity contribution in [1.29, 1.82) is 0 Å². The topological polar surface area (TPSA) is 103 Å². The van der Waals surface area contributed by atoms with Gasteiger partial charge in [0.1, 0.15) is 19.0 Å². The molecule has 3 heterocycles. The van der Waals surface area contributed by atoms with E-state index < -0.39 is 0 Å². The van der Waals surface area contributed by atoms with Crippen molar-refractivity contribution >= 4 is 34.7 Å². The summed E-state index contributed by atoms with van der Waals surface area (Å²) in [5.41, 5.74) is 2.36. The molecule has 168 valence electrons. The van der Waals surface area contributed by atoms with Crippen LogP contribution in [0.4, 0.5) is 11.5 Å². The number of amides is 1. The molecule has 0 unspecified atom stereocenters. The zero-order valence-electron chi connectivity index (χ0n) is 17.6. The van der Waals surface area contributed by atoms with Crippen LogP contribution in [0, 0.1) is 0 Å². The molecule has 0 saturated heterocycles. The largest absolute Gasteiger partial charge is 0.486 e. The van der Waals surface area contributed by atoms with Gasteiger partial charge in [-0.1, -0.05) is 23.7 Å². The summed E-state index contributed by atoms with van der Waals surface area (Å²) in [5.74, 6) is 2.46. The predicted octanol–water partition coefficient (Wildman–Crippen LogP) is 3.73. The first-order chi connectivity index (χ1) is 16.1. The third-order valence-electron chi connectivity index (χ3n) is 5.12. The highest BCUT2D eigenvalue weighted by molar-refractivity contribution is 6.30. The van der Waals surface area contributed by atoms with Gasteiger partial charge >= 0.3 is 0 Å². The van der Waals surface area contributed by atoms with Crippen LogP contribution >= 0.6 is 11.6 Å². The predicted molar refractivity (Wildman–Crippen MR) is 124 cm³/mol. The van der Waals surface area contributed by atoms with E-state index in [1.54, 1.807) is 22.7 Å². The van der Waals surface area contributed by atoms with E-state index in [-0.39, 0.29) is 12.3 Å². The first kappa shape index (κ1) is 21.0. The number of halogens is 1. The summed E-state index contributed by atoms with van der Waals surface area (Å²) < 4.78 is 12.7. The number of ether oxygens (including phenoxy) is 2. The zero-order chi connectivity index (χ0) is 22.6. The number of nitrogens with one attached hydrogen (secondary N) is 2. The minimum atomic E-state index is -0.138. The van der Waals surface area contributed by atoms with Gasteiger partial charge in [0, 0.05) is 36.2 Å². The van der Waals surface area contributed by atoms with Gasteiger partial charge < -0.3 is 20.1 Å². The average molecular weight is 465 g/mol. The fourth-order valence-electron chi connectivity index (χ4n) is 3.45. The molecule has 2 N–H and O–H groups in total. The summed E-state index contributed by atoms with van der Waals surface area (Å²) in [4.78, 5) is 12.5. The number of hydrogen-bond donors (Lipinski definition) is 2. The Kier molecular flexibility index (Phi) is 5.95. The van der Waals surface area contributed by atoms with Crippen LogP contribution in [0.5, 0.6) is 11.5 Å². The third-order valence-corrected chi connectivity index (χ3v) is 5.37. The molecule has 0 fully saturated rings. The average Bonchev–Trinajstić information content (AvgIpc) is 3.24. The monoisotopic (exact) mass is 464 g/mol. The summed E-state index contributed by atoms with van der Waals surface area (Å²) in [6.45, 7) is 1.62. The SMILES string of the molecule is O=C(CCc1nnc2ccc(NCc3ccc(Cl)cc3)nn12)Nc1ccc2c(c1)OCCO2. The molecule has 0 aliphatic carbocycles. The number of aryl methyl sites for hydroxylation is 1. The van der Waals surface area contributed by atoms with Gasteiger partial charge in [-0.3, -0.25) is 4.79 Å². The number of anilines is 2. The lowest BCUT2D eigenvalue weighted by atomic mass is 10.2. The van der Waals surface area contributed by atoms with Crippen molar-refractivity contribution in [3.8, 4) is 11.5 Å². The van der Waals surface area contributed by atoms with Crippen LogP contribution in [-0.4, -0.2) is 38.9 Å². The van der Waals surface area contributed by atoms with Crippen LogP contribution in [-0.2, 0) is 17.8 Å². The summed E-state index contributed by atoms with van der Waals surface area (Å²) in [6, 6.07) is 16.6. The van der Waals surface area contributed by atoms with Crippen molar-refractivity contribution < 1.29 is 14.3 Å². The summed E-state index contributed by atoms with van der Waals surface area (Å²) >= 11 is 5.94. The lowest BCUT2D eigenvalue weighted by molar-refractivity contribution is -0.116. The molecule has 0 bridgehead atoms. The van der Waals surface area contributed by atoms with Gasteiger partial charge in [-0.15, -0.1) is 15.3 Å². The second-order valence-electron chi connectivity index (χ2n) is 7.49. The highest BCUT2D eigenvalue weighted by Crippen LogP contribution is 2.32. The van der Waals surface area contributed by atoms with Gasteiger partial charge in [0.2, 0.25) is 5.91 Å². The van der Waals surface area contributed by atoms with Crippen molar-refractivity contribution in [2.75, 3.05) is 23.8 Å². The molecule has 0 saturated carbocycles. The van der Waals surface area contributed by atoms with Gasteiger partial charge in [0.15, 0.2) is 23.0 Å².